The van der Waals surface area contributed by atoms with Gasteiger partial charge in [-0.15, -0.1) is 13.2 Å². The molecule has 0 saturated heterocycles. The van der Waals surface area contributed by atoms with Crippen molar-refractivity contribution in [2.45, 2.75) is 63.1 Å². The molecule has 0 aliphatic rings. The summed E-state index contributed by atoms with van der Waals surface area (Å²) in [6, 6.07) is 27.5. The largest absolute Gasteiger partial charge is 0.455 e. The number of aliphatic hydroxyl groups is 1. The molecular weight excluding hydrogens is 604 g/mol. The highest BCUT2D eigenvalue weighted by Crippen LogP contribution is 2.27. The Morgan fingerprint density at radius 2 is 1.42 bits per heavy atom. The molecule has 0 bridgehead atoms. The lowest BCUT2D eigenvalue weighted by molar-refractivity contribution is -0.158. The van der Waals surface area contributed by atoms with E-state index in [4.69, 9.17) is 9.47 Å². The van der Waals surface area contributed by atoms with E-state index in [2.05, 4.69) is 23.8 Å². The molecule has 0 aliphatic heterocycles. The number of aliphatic hydroxyl groups excluding tert-OH is 1. The summed E-state index contributed by atoms with van der Waals surface area (Å²) in [5.74, 6) is -2.24. The second-order valence-corrected chi connectivity index (χ2v) is 12.0. The molecule has 8 heteroatoms. The van der Waals surface area contributed by atoms with Gasteiger partial charge in [-0.1, -0.05) is 103 Å². The van der Waals surface area contributed by atoms with Crippen LogP contribution in [0.3, 0.4) is 0 Å². The molecule has 0 saturated carbocycles. The number of benzene rings is 3. The van der Waals surface area contributed by atoms with Crippen LogP contribution in [-0.2, 0) is 36.7 Å². The number of hydrogen-bond donors (Lipinski definition) is 3. The van der Waals surface area contributed by atoms with Gasteiger partial charge in [0, 0.05) is 13.5 Å². The standard InChI is InChI=1S/C40H50N2O6/c1-4-6-10-24-34(25-30-18-11-7-12-19-30)40(46)48-38(32-22-15-9-16-23-32)36(29-47-3)42-39(45)33(17-5-2)27-37(44)41-35(28-43)26-31-20-13-8-14-21-31/h4-5,7-9,11-16,18-23,33-36,38,43H,1-2,6,10,17,24-29H2,3H3,(H,41,44)(H,42,45)/t33-,34+,35+,36-,38-/m0/s1. The second kappa shape index (κ2) is 21.4. The van der Waals surface area contributed by atoms with Crippen LogP contribution in [0, 0.1) is 11.8 Å². The maximum Gasteiger partial charge on any atom is 0.309 e. The molecule has 2 amide bonds. The summed E-state index contributed by atoms with van der Waals surface area (Å²) in [5.41, 5.74) is 2.73. The van der Waals surface area contributed by atoms with Crippen molar-refractivity contribution in [3.8, 4) is 0 Å². The zero-order valence-corrected chi connectivity index (χ0v) is 28.0. The highest BCUT2D eigenvalue weighted by molar-refractivity contribution is 5.86. The Labute approximate surface area is 285 Å². The predicted molar refractivity (Wildman–Crippen MR) is 189 cm³/mol. The van der Waals surface area contributed by atoms with Crippen molar-refractivity contribution >= 4 is 17.8 Å². The van der Waals surface area contributed by atoms with E-state index in [1.165, 1.54) is 7.11 Å². The molecule has 0 aromatic heterocycles. The Morgan fingerprint density at radius 3 is 1.98 bits per heavy atom. The molecule has 0 fully saturated rings. The molecule has 3 aromatic rings. The first-order valence-electron chi connectivity index (χ1n) is 16.6. The fourth-order valence-corrected chi connectivity index (χ4v) is 5.70. The number of rotatable bonds is 22. The quantitative estimate of drug-likeness (QED) is 0.0705. The molecule has 0 aliphatic carbocycles. The summed E-state index contributed by atoms with van der Waals surface area (Å²) < 4.78 is 11.8. The molecule has 0 unspecified atom stereocenters. The van der Waals surface area contributed by atoms with E-state index in [1.807, 2.05) is 97.1 Å². The van der Waals surface area contributed by atoms with Crippen LogP contribution in [0.5, 0.6) is 0 Å². The highest BCUT2D eigenvalue weighted by atomic mass is 16.5. The van der Waals surface area contributed by atoms with Gasteiger partial charge in [0.25, 0.3) is 0 Å². The second-order valence-electron chi connectivity index (χ2n) is 12.0. The molecule has 5 atom stereocenters. The average Bonchev–Trinajstić information content (AvgIpc) is 3.10. The Bertz CT molecular complexity index is 1400. The fourth-order valence-electron chi connectivity index (χ4n) is 5.70. The SMILES string of the molecule is C=CCCC[C@H](Cc1ccccc1)C(=O)O[C@@H](c1ccccc1)[C@H](COC)NC(=O)[C@@H](CC=C)CC(=O)N[C@@H](CO)Cc1ccccc1. The van der Waals surface area contributed by atoms with Crippen molar-refractivity contribution < 1.29 is 29.0 Å². The maximum absolute atomic E-state index is 13.9. The fraction of sp³-hybridized carbons (Fsp3) is 0.375. The molecule has 256 valence electrons. The summed E-state index contributed by atoms with van der Waals surface area (Å²) in [4.78, 5) is 40.8. The van der Waals surface area contributed by atoms with Gasteiger partial charge in [0.15, 0.2) is 0 Å². The lowest BCUT2D eigenvalue weighted by Crippen LogP contribution is -2.47. The van der Waals surface area contributed by atoms with Crippen LogP contribution in [0.25, 0.3) is 0 Å². The molecule has 48 heavy (non-hydrogen) atoms. The predicted octanol–water partition coefficient (Wildman–Crippen LogP) is 5.92. The van der Waals surface area contributed by atoms with Crippen molar-refractivity contribution in [2.75, 3.05) is 20.3 Å². The number of allylic oxidation sites excluding steroid dienone is 2. The topological polar surface area (TPSA) is 114 Å². The van der Waals surface area contributed by atoms with Gasteiger partial charge in [0.05, 0.1) is 37.1 Å². The van der Waals surface area contributed by atoms with E-state index < -0.39 is 30.0 Å². The van der Waals surface area contributed by atoms with Crippen LogP contribution >= 0.6 is 0 Å². The van der Waals surface area contributed by atoms with Crippen molar-refractivity contribution in [3.63, 3.8) is 0 Å². The van der Waals surface area contributed by atoms with Gasteiger partial charge in [0.1, 0.15) is 6.10 Å². The first-order valence-corrected chi connectivity index (χ1v) is 16.6. The smallest absolute Gasteiger partial charge is 0.309 e. The first-order chi connectivity index (χ1) is 23.4. The van der Waals surface area contributed by atoms with Gasteiger partial charge in [0.2, 0.25) is 11.8 Å². The third kappa shape index (κ3) is 12.9. The van der Waals surface area contributed by atoms with E-state index in [9.17, 15) is 19.5 Å². The van der Waals surface area contributed by atoms with Crippen molar-refractivity contribution in [3.05, 3.63) is 133 Å². The van der Waals surface area contributed by atoms with Crippen LogP contribution in [0.15, 0.2) is 116 Å². The van der Waals surface area contributed by atoms with Crippen LogP contribution in [-0.4, -0.2) is 55.3 Å². The van der Waals surface area contributed by atoms with Gasteiger partial charge in [-0.05, 0) is 55.2 Å². The number of esters is 1. The number of ether oxygens (including phenoxy) is 2. The molecule has 3 rings (SSSR count). The minimum absolute atomic E-state index is 0.0645. The Balaban J connectivity index is 1.78. The minimum atomic E-state index is -0.844. The van der Waals surface area contributed by atoms with Crippen molar-refractivity contribution in [1.29, 1.82) is 0 Å². The van der Waals surface area contributed by atoms with Gasteiger partial charge in [-0.2, -0.15) is 0 Å². The number of nitrogens with one attached hydrogen (secondary N) is 2. The third-order valence-electron chi connectivity index (χ3n) is 8.19. The maximum atomic E-state index is 13.9. The first kappa shape index (κ1) is 37.9. The average molecular weight is 655 g/mol. The van der Waals surface area contributed by atoms with Crippen molar-refractivity contribution in [1.82, 2.24) is 10.6 Å². The molecule has 0 radical (unpaired) electrons. The van der Waals surface area contributed by atoms with Crippen LogP contribution in [0.2, 0.25) is 0 Å². The highest BCUT2D eigenvalue weighted by Gasteiger charge is 2.33. The summed E-state index contributed by atoms with van der Waals surface area (Å²) >= 11 is 0. The van der Waals surface area contributed by atoms with Gasteiger partial charge in [-0.25, -0.2) is 0 Å². The number of carbonyl (C=O) groups is 3. The summed E-state index contributed by atoms with van der Waals surface area (Å²) in [7, 11) is 1.52. The Hall–Kier alpha value is -4.53. The lowest BCUT2D eigenvalue weighted by Gasteiger charge is -2.30. The third-order valence-corrected chi connectivity index (χ3v) is 8.19. The van der Waals surface area contributed by atoms with E-state index in [1.54, 1.807) is 6.08 Å². The summed E-state index contributed by atoms with van der Waals surface area (Å²) in [5, 5.41) is 15.8. The number of amides is 2. The van der Waals surface area contributed by atoms with E-state index >= 15 is 0 Å². The summed E-state index contributed by atoms with van der Waals surface area (Å²) in [6.45, 7) is 7.43. The molecular formula is C40H50N2O6. The van der Waals surface area contributed by atoms with Crippen LogP contribution < -0.4 is 10.6 Å². The van der Waals surface area contributed by atoms with Gasteiger partial charge >= 0.3 is 5.97 Å². The van der Waals surface area contributed by atoms with Gasteiger partial charge < -0.3 is 25.2 Å². The Kier molecular flexibility index (Phi) is 16.9. The van der Waals surface area contributed by atoms with E-state index in [-0.39, 0.29) is 43.8 Å². The summed E-state index contributed by atoms with van der Waals surface area (Å²) in [6.07, 6.45) is 5.92. The zero-order chi connectivity index (χ0) is 34.6. The molecule has 8 nitrogen and oxygen atoms in total. The molecule has 3 aromatic carbocycles. The lowest BCUT2D eigenvalue weighted by atomic mass is 9.93. The number of hydrogen-bond acceptors (Lipinski definition) is 6. The number of methoxy groups -OCH3 is 1. The van der Waals surface area contributed by atoms with Gasteiger partial charge in [-0.3, -0.25) is 14.4 Å². The minimum Gasteiger partial charge on any atom is -0.455 e. The van der Waals surface area contributed by atoms with E-state index in [0.29, 0.717) is 24.8 Å². The number of unbranched alkanes of at least 4 members (excludes halogenated alkanes) is 1. The van der Waals surface area contributed by atoms with Crippen LogP contribution in [0.1, 0.15) is 54.9 Å². The normalized spacial score (nSPS) is 14.0. The van der Waals surface area contributed by atoms with Crippen LogP contribution in [0.4, 0.5) is 0 Å². The van der Waals surface area contributed by atoms with E-state index in [0.717, 1.165) is 24.0 Å². The molecule has 3 N–H and O–H groups in total. The Morgan fingerprint density at radius 1 is 0.812 bits per heavy atom. The van der Waals surface area contributed by atoms with Crippen molar-refractivity contribution in [2.24, 2.45) is 11.8 Å². The molecule has 0 heterocycles. The zero-order valence-electron chi connectivity index (χ0n) is 28.0. The molecule has 0 spiro atoms. The monoisotopic (exact) mass is 654 g/mol. The number of carbonyl (C=O) groups excluding carboxylic acids is 3.